The molecule has 0 bridgehead atoms. The van der Waals surface area contributed by atoms with E-state index in [9.17, 15) is 4.79 Å². The maximum atomic E-state index is 11.0. The number of fused-ring (bicyclic) bond motifs is 1. The summed E-state index contributed by atoms with van der Waals surface area (Å²) in [6, 6.07) is 12.4. The summed E-state index contributed by atoms with van der Waals surface area (Å²) in [5.41, 5.74) is 2.60. The van der Waals surface area contributed by atoms with E-state index >= 15 is 0 Å². The van der Waals surface area contributed by atoms with Crippen molar-refractivity contribution in [2.24, 2.45) is 0 Å². The third-order valence-corrected chi connectivity index (χ3v) is 3.66. The van der Waals surface area contributed by atoms with E-state index in [0.717, 1.165) is 22.0 Å². The van der Waals surface area contributed by atoms with Crippen molar-refractivity contribution in [1.82, 2.24) is 4.98 Å². The number of carboxylic acids is 1. The maximum absolute atomic E-state index is 11.0. The first-order chi connectivity index (χ1) is 9.54. The third kappa shape index (κ3) is 2.26. The molecule has 0 spiro atoms. The zero-order valence-electron chi connectivity index (χ0n) is 10.2. The molecule has 0 radical (unpaired) electrons. The Hall–Kier alpha value is -1.97. The second kappa shape index (κ2) is 4.85. The Bertz CT molecular complexity index is 824. The van der Waals surface area contributed by atoms with E-state index in [0.29, 0.717) is 10.0 Å². The second-order valence-electron chi connectivity index (χ2n) is 4.41. The Morgan fingerprint density at radius 1 is 1.05 bits per heavy atom. The molecule has 0 fully saturated rings. The fourth-order valence-corrected chi connectivity index (χ4v) is 2.53. The standard InChI is InChI=1S/C15H9Cl2NO2/c16-10-3-4-12(17)11(7-10)8-1-2-9-6-14(15(19)20)18-13(9)5-8/h1-7,18H,(H,19,20). The normalized spacial score (nSPS) is 10.9. The number of aromatic amines is 1. The van der Waals surface area contributed by atoms with E-state index in [4.69, 9.17) is 28.3 Å². The van der Waals surface area contributed by atoms with Gasteiger partial charge >= 0.3 is 5.97 Å². The molecule has 1 heterocycles. The van der Waals surface area contributed by atoms with Crippen LogP contribution in [0, 0.1) is 0 Å². The lowest BCUT2D eigenvalue weighted by Gasteiger charge is -2.05. The molecule has 0 saturated carbocycles. The van der Waals surface area contributed by atoms with Gasteiger partial charge in [0, 0.05) is 26.5 Å². The SMILES string of the molecule is O=C(O)c1cc2ccc(-c3cc(Cl)ccc3Cl)cc2[nH]1. The molecule has 3 aromatic rings. The molecule has 0 atom stereocenters. The smallest absolute Gasteiger partial charge is 0.352 e. The number of aromatic nitrogens is 1. The van der Waals surface area contributed by atoms with Gasteiger partial charge in [-0.15, -0.1) is 0 Å². The minimum Gasteiger partial charge on any atom is -0.477 e. The summed E-state index contributed by atoms with van der Waals surface area (Å²) in [4.78, 5) is 13.8. The molecule has 3 rings (SSSR count). The highest BCUT2D eigenvalue weighted by atomic mass is 35.5. The molecule has 20 heavy (non-hydrogen) atoms. The van der Waals surface area contributed by atoms with Crippen molar-refractivity contribution in [1.29, 1.82) is 0 Å². The molecule has 0 amide bonds. The van der Waals surface area contributed by atoms with Crippen molar-refractivity contribution in [3.63, 3.8) is 0 Å². The lowest BCUT2D eigenvalue weighted by molar-refractivity contribution is 0.0691. The number of aromatic carboxylic acids is 1. The van der Waals surface area contributed by atoms with Crippen LogP contribution in [-0.4, -0.2) is 16.1 Å². The minimum atomic E-state index is -0.983. The van der Waals surface area contributed by atoms with Crippen LogP contribution in [0.2, 0.25) is 10.0 Å². The van der Waals surface area contributed by atoms with Crippen molar-refractivity contribution in [3.05, 3.63) is 58.2 Å². The van der Waals surface area contributed by atoms with Gasteiger partial charge in [-0.05, 0) is 35.9 Å². The van der Waals surface area contributed by atoms with Crippen molar-refractivity contribution in [3.8, 4) is 11.1 Å². The first-order valence-corrected chi connectivity index (χ1v) is 6.62. The van der Waals surface area contributed by atoms with Crippen LogP contribution in [0.25, 0.3) is 22.0 Å². The molecule has 0 saturated heterocycles. The molecule has 1 aromatic heterocycles. The van der Waals surface area contributed by atoms with Gasteiger partial charge in [-0.25, -0.2) is 4.79 Å². The average Bonchev–Trinajstić information content (AvgIpc) is 2.84. The molecule has 100 valence electrons. The highest BCUT2D eigenvalue weighted by Crippen LogP contribution is 2.32. The van der Waals surface area contributed by atoms with Gasteiger partial charge in [-0.2, -0.15) is 0 Å². The summed E-state index contributed by atoms with van der Waals surface area (Å²) < 4.78 is 0. The van der Waals surface area contributed by atoms with Gasteiger partial charge in [0.1, 0.15) is 5.69 Å². The molecule has 0 aliphatic carbocycles. The van der Waals surface area contributed by atoms with Crippen LogP contribution in [0.15, 0.2) is 42.5 Å². The van der Waals surface area contributed by atoms with Gasteiger partial charge in [-0.1, -0.05) is 35.3 Å². The molecule has 0 unspecified atom stereocenters. The Kier molecular flexibility index (Phi) is 3.16. The summed E-state index contributed by atoms with van der Waals surface area (Å²) in [7, 11) is 0. The van der Waals surface area contributed by atoms with Crippen LogP contribution in [0.4, 0.5) is 0 Å². The van der Waals surface area contributed by atoms with E-state index in [-0.39, 0.29) is 5.69 Å². The second-order valence-corrected chi connectivity index (χ2v) is 5.26. The molecule has 5 heteroatoms. The lowest BCUT2D eigenvalue weighted by Crippen LogP contribution is -1.94. The van der Waals surface area contributed by atoms with E-state index in [1.165, 1.54) is 0 Å². The quantitative estimate of drug-likeness (QED) is 0.711. The summed E-state index contributed by atoms with van der Waals surface area (Å²) in [5.74, 6) is -0.983. The number of rotatable bonds is 2. The minimum absolute atomic E-state index is 0.161. The van der Waals surface area contributed by atoms with Crippen molar-refractivity contribution >= 4 is 40.1 Å². The highest BCUT2D eigenvalue weighted by Gasteiger charge is 2.10. The fraction of sp³-hybridized carbons (Fsp3) is 0. The summed E-state index contributed by atoms with van der Waals surface area (Å²) >= 11 is 12.2. The van der Waals surface area contributed by atoms with Gasteiger partial charge in [-0.3, -0.25) is 0 Å². The number of carbonyl (C=O) groups is 1. The van der Waals surface area contributed by atoms with E-state index < -0.39 is 5.97 Å². The Morgan fingerprint density at radius 2 is 1.85 bits per heavy atom. The number of H-pyrrole nitrogens is 1. The van der Waals surface area contributed by atoms with Gasteiger partial charge < -0.3 is 10.1 Å². The highest BCUT2D eigenvalue weighted by molar-refractivity contribution is 6.35. The Labute approximate surface area is 124 Å². The number of carboxylic acid groups (broad SMARTS) is 1. The lowest BCUT2D eigenvalue weighted by atomic mass is 10.0. The van der Waals surface area contributed by atoms with Gasteiger partial charge in [0.05, 0.1) is 0 Å². The van der Waals surface area contributed by atoms with Crippen LogP contribution in [-0.2, 0) is 0 Å². The summed E-state index contributed by atoms with van der Waals surface area (Å²) in [6.45, 7) is 0. The number of halogens is 2. The van der Waals surface area contributed by atoms with Crippen LogP contribution in [0.1, 0.15) is 10.5 Å². The molecule has 2 N–H and O–H groups in total. The predicted molar refractivity (Wildman–Crippen MR) is 80.7 cm³/mol. The predicted octanol–water partition coefficient (Wildman–Crippen LogP) is 4.84. The zero-order chi connectivity index (χ0) is 14.3. The zero-order valence-corrected chi connectivity index (χ0v) is 11.7. The monoisotopic (exact) mass is 305 g/mol. The van der Waals surface area contributed by atoms with Gasteiger partial charge in [0.2, 0.25) is 0 Å². The molecule has 2 aromatic carbocycles. The van der Waals surface area contributed by atoms with E-state index in [1.807, 2.05) is 18.2 Å². The van der Waals surface area contributed by atoms with E-state index in [1.54, 1.807) is 24.3 Å². The van der Waals surface area contributed by atoms with Crippen molar-refractivity contribution < 1.29 is 9.90 Å². The molecule has 0 aliphatic rings. The Morgan fingerprint density at radius 3 is 2.60 bits per heavy atom. The molecular formula is C15H9Cl2NO2. The molecular weight excluding hydrogens is 297 g/mol. The first-order valence-electron chi connectivity index (χ1n) is 5.86. The first kappa shape index (κ1) is 13.0. The van der Waals surface area contributed by atoms with Crippen molar-refractivity contribution in [2.45, 2.75) is 0 Å². The average molecular weight is 306 g/mol. The topological polar surface area (TPSA) is 53.1 Å². The Balaban J connectivity index is 2.17. The van der Waals surface area contributed by atoms with Crippen molar-refractivity contribution in [2.75, 3.05) is 0 Å². The summed E-state index contributed by atoms with van der Waals surface area (Å²) in [6.07, 6.45) is 0. The third-order valence-electron chi connectivity index (χ3n) is 3.09. The molecule has 0 aliphatic heterocycles. The van der Waals surface area contributed by atoms with Crippen LogP contribution in [0.3, 0.4) is 0 Å². The van der Waals surface area contributed by atoms with Crippen LogP contribution in [0.5, 0.6) is 0 Å². The largest absolute Gasteiger partial charge is 0.477 e. The number of hydrogen-bond donors (Lipinski definition) is 2. The fourth-order valence-electron chi connectivity index (χ4n) is 2.13. The molecule has 3 nitrogen and oxygen atoms in total. The number of hydrogen-bond acceptors (Lipinski definition) is 1. The van der Waals surface area contributed by atoms with E-state index in [2.05, 4.69) is 4.98 Å². The number of nitrogens with one attached hydrogen (secondary N) is 1. The summed E-state index contributed by atoms with van der Waals surface area (Å²) in [5, 5.41) is 11.0. The maximum Gasteiger partial charge on any atom is 0.352 e. The van der Waals surface area contributed by atoms with Gasteiger partial charge in [0.15, 0.2) is 0 Å². The van der Waals surface area contributed by atoms with Crippen LogP contribution >= 0.6 is 23.2 Å². The number of benzene rings is 2. The van der Waals surface area contributed by atoms with Crippen LogP contribution < -0.4 is 0 Å². The van der Waals surface area contributed by atoms with Gasteiger partial charge in [0.25, 0.3) is 0 Å².